The van der Waals surface area contributed by atoms with Gasteiger partial charge in [-0.3, -0.25) is 10.1 Å². The summed E-state index contributed by atoms with van der Waals surface area (Å²) in [5, 5.41) is 23.3. The molecule has 1 aromatic rings. The van der Waals surface area contributed by atoms with Crippen molar-refractivity contribution in [3.05, 3.63) is 33.9 Å². The molecule has 0 heterocycles. The van der Waals surface area contributed by atoms with Crippen molar-refractivity contribution in [3.63, 3.8) is 0 Å². The van der Waals surface area contributed by atoms with E-state index in [9.17, 15) is 15.2 Å². The number of nitro groups is 1. The molecule has 2 N–H and O–H groups in total. The third kappa shape index (κ3) is 5.23. The molecule has 6 nitrogen and oxygen atoms in total. The van der Waals surface area contributed by atoms with Gasteiger partial charge in [-0.05, 0) is 31.5 Å². The maximum absolute atomic E-state index is 10.9. The van der Waals surface area contributed by atoms with E-state index in [0.717, 1.165) is 18.5 Å². The SMILES string of the molecule is CCCNCc1ccc([N+](=O)[O-])c(OCC(C)O)c1. The second kappa shape index (κ2) is 7.70. The van der Waals surface area contributed by atoms with Crippen LogP contribution in [0.5, 0.6) is 5.75 Å². The summed E-state index contributed by atoms with van der Waals surface area (Å²) < 4.78 is 5.29. The third-order valence-corrected chi connectivity index (χ3v) is 2.46. The first kappa shape index (κ1) is 15.4. The zero-order chi connectivity index (χ0) is 14.3. The number of nitrogens with zero attached hydrogens (tertiary/aromatic N) is 1. The van der Waals surface area contributed by atoms with Crippen LogP contribution in [0, 0.1) is 10.1 Å². The number of nitro benzene ring substituents is 1. The van der Waals surface area contributed by atoms with E-state index in [1.807, 2.05) is 0 Å². The standard InChI is InChI=1S/C13H20N2O4/c1-3-6-14-8-11-4-5-12(15(17)18)13(7-11)19-9-10(2)16/h4-5,7,10,14,16H,3,6,8-9H2,1-2H3. The molecule has 0 amide bonds. The Kier molecular flexibility index (Phi) is 6.24. The number of ether oxygens (including phenoxy) is 1. The molecular formula is C13H20N2O4. The molecule has 1 rings (SSSR count). The minimum absolute atomic E-state index is 0.0344. The fourth-order valence-corrected chi connectivity index (χ4v) is 1.55. The van der Waals surface area contributed by atoms with E-state index in [-0.39, 0.29) is 18.0 Å². The lowest BCUT2D eigenvalue weighted by atomic mass is 10.2. The zero-order valence-electron chi connectivity index (χ0n) is 11.3. The molecular weight excluding hydrogens is 248 g/mol. The summed E-state index contributed by atoms with van der Waals surface area (Å²) in [5.41, 5.74) is 0.833. The van der Waals surface area contributed by atoms with E-state index >= 15 is 0 Å². The minimum Gasteiger partial charge on any atom is -0.484 e. The molecule has 0 aliphatic rings. The molecule has 0 aliphatic heterocycles. The number of nitrogens with one attached hydrogen (secondary N) is 1. The van der Waals surface area contributed by atoms with Crippen molar-refractivity contribution in [2.45, 2.75) is 32.9 Å². The molecule has 1 atom stereocenters. The number of hydrogen-bond donors (Lipinski definition) is 2. The Morgan fingerprint density at radius 3 is 2.84 bits per heavy atom. The second-order valence-electron chi connectivity index (χ2n) is 4.40. The van der Waals surface area contributed by atoms with Crippen molar-refractivity contribution in [1.82, 2.24) is 5.32 Å². The molecule has 0 radical (unpaired) electrons. The Hall–Kier alpha value is -1.66. The van der Waals surface area contributed by atoms with Gasteiger partial charge in [0.05, 0.1) is 11.0 Å². The summed E-state index contributed by atoms with van der Waals surface area (Å²) in [4.78, 5) is 10.4. The summed E-state index contributed by atoms with van der Waals surface area (Å²) in [6.07, 6.45) is 0.361. The number of aliphatic hydroxyl groups excluding tert-OH is 1. The van der Waals surface area contributed by atoms with Crippen molar-refractivity contribution in [2.75, 3.05) is 13.2 Å². The van der Waals surface area contributed by atoms with Gasteiger partial charge < -0.3 is 15.2 Å². The van der Waals surface area contributed by atoms with Crippen LogP contribution in [0.2, 0.25) is 0 Å². The van der Waals surface area contributed by atoms with Crippen molar-refractivity contribution in [2.24, 2.45) is 0 Å². The van der Waals surface area contributed by atoms with Crippen molar-refractivity contribution >= 4 is 5.69 Å². The van der Waals surface area contributed by atoms with Crippen LogP contribution in [0.15, 0.2) is 18.2 Å². The normalized spacial score (nSPS) is 12.2. The van der Waals surface area contributed by atoms with Crippen LogP contribution >= 0.6 is 0 Å². The molecule has 1 unspecified atom stereocenters. The smallest absolute Gasteiger partial charge is 0.310 e. The summed E-state index contributed by atoms with van der Waals surface area (Å²) in [6.45, 7) is 5.20. The van der Waals surface area contributed by atoms with Crippen LogP contribution in [0.25, 0.3) is 0 Å². The molecule has 106 valence electrons. The van der Waals surface area contributed by atoms with Crippen molar-refractivity contribution < 1.29 is 14.8 Å². The maximum atomic E-state index is 10.9. The Morgan fingerprint density at radius 1 is 1.53 bits per heavy atom. The molecule has 0 saturated carbocycles. The van der Waals surface area contributed by atoms with Crippen molar-refractivity contribution in [1.29, 1.82) is 0 Å². The lowest BCUT2D eigenvalue weighted by Crippen LogP contribution is -2.15. The van der Waals surface area contributed by atoms with E-state index in [4.69, 9.17) is 4.74 Å². The predicted molar refractivity (Wildman–Crippen MR) is 72.3 cm³/mol. The highest BCUT2D eigenvalue weighted by Gasteiger charge is 2.16. The predicted octanol–water partition coefficient (Wildman–Crippen LogP) is 1.85. The molecule has 0 bridgehead atoms. The monoisotopic (exact) mass is 268 g/mol. The topological polar surface area (TPSA) is 84.6 Å². The first-order chi connectivity index (χ1) is 9.04. The average Bonchev–Trinajstić information content (AvgIpc) is 2.36. The summed E-state index contributed by atoms with van der Waals surface area (Å²) in [6, 6.07) is 4.78. The van der Waals surface area contributed by atoms with E-state index in [1.54, 1.807) is 19.1 Å². The summed E-state index contributed by atoms with van der Waals surface area (Å²) in [5.74, 6) is 0.196. The van der Waals surface area contributed by atoms with Gasteiger partial charge >= 0.3 is 5.69 Å². The molecule has 0 saturated heterocycles. The Labute approximate surface area is 112 Å². The first-order valence-electron chi connectivity index (χ1n) is 6.33. The van der Waals surface area contributed by atoms with E-state index in [0.29, 0.717) is 6.54 Å². The molecule has 0 aliphatic carbocycles. The van der Waals surface area contributed by atoms with Crippen LogP contribution < -0.4 is 10.1 Å². The molecule has 0 fully saturated rings. The van der Waals surface area contributed by atoms with Gasteiger partial charge in [-0.15, -0.1) is 0 Å². The Balaban J connectivity index is 2.81. The number of benzene rings is 1. The van der Waals surface area contributed by atoms with Gasteiger partial charge in [-0.25, -0.2) is 0 Å². The second-order valence-corrected chi connectivity index (χ2v) is 4.40. The summed E-state index contributed by atoms with van der Waals surface area (Å²) in [7, 11) is 0. The molecule has 1 aromatic carbocycles. The molecule has 0 spiro atoms. The number of aliphatic hydroxyl groups is 1. The van der Waals surface area contributed by atoms with Gasteiger partial charge in [0.25, 0.3) is 0 Å². The number of hydrogen-bond acceptors (Lipinski definition) is 5. The fraction of sp³-hybridized carbons (Fsp3) is 0.538. The highest BCUT2D eigenvalue weighted by atomic mass is 16.6. The molecule has 6 heteroatoms. The maximum Gasteiger partial charge on any atom is 0.310 e. The first-order valence-corrected chi connectivity index (χ1v) is 6.33. The van der Waals surface area contributed by atoms with E-state index in [2.05, 4.69) is 12.2 Å². The lowest BCUT2D eigenvalue weighted by Gasteiger charge is -2.10. The van der Waals surface area contributed by atoms with Crippen LogP contribution in [-0.2, 0) is 6.54 Å². The van der Waals surface area contributed by atoms with E-state index in [1.165, 1.54) is 6.07 Å². The highest BCUT2D eigenvalue weighted by Crippen LogP contribution is 2.28. The van der Waals surface area contributed by atoms with Crippen molar-refractivity contribution in [3.8, 4) is 5.75 Å². The zero-order valence-corrected chi connectivity index (χ0v) is 11.3. The van der Waals surface area contributed by atoms with Gasteiger partial charge in [0, 0.05) is 12.6 Å². The Morgan fingerprint density at radius 2 is 2.26 bits per heavy atom. The summed E-state index contributed by atoms with van der Waals surface area (Å²) >= 11 is 0. The van der Waals surface area contributed by atoms with Crippen LogP contribution in [-0.4, -0.2) is 29.3 Å². The van der Waals surface area contributed by atoms with Gasteiger partial charge in [-0.1, -0.05) is 13.0 Å². The number of rotatable bonds is 8. The Bertz CT molecular complexity index is 421. The quantitative estimate of drug-likeness (QED) is 0.427. The average molecular weight is 268 g/mol. The minimum atomic E-state index is -0.665. The third-order valence-electron chi connectivity index (χ3n) is 2.46. The highest BCUT2D eigenvalue weighted by molar-refractivity contribution is 5.48. The van der Waals surface area contributed by atoms with Crippen LogP contribution in [0.1, 0.15) is 25.8 Å². The van der Waals surface area contributed by atoms with Crippen LogP contribution in [0.4, 0.5) is 5.69 Å². The van der Waals surface area contributed by atoms with Gasteiger partial charge in [0.15, 0.2) is 5.75 Å². The lowest BCUT2D eigenvalue weighted by molar-refractivity contribution is -0.385. The molecule has 0 aromatic heterocycles. The van der Waals surface area contributed by atoms with Gasteiger partial charge in [-0.2, -0.15) is 0 Å². The van der Waals surface area contributed by atoms with Crippen LogP contribution in [0.3, 0.4) is 0 Å². The van der Waals surface area contributed by atoms with E-state index < -0.39 is 11.0 Å². The molecule has 19 heavy (non-hydrogen) atoms. The van der Waals surface area contributed by atoms with Gasteiger partial charge in [0.1, 0.15) is 6.61 Å². The fourth-order valence-electron chi connectivity index (χ4n) is 1.55. The van der Waals surface area contributed by atoms with Gasteiger partial charge in [0.2, 0.25) is 0 Å². The largest absolute Gasteiger partial charge is 0.484 e.